The van der Waals surface area contributed by atoms with Crippen molar-refractivity contribution in [2.75, 3.05) is 19.6 Å². The maximum absolute atomic E-state index is 12.2. The molecule has 148 valence electrons. The van der Waals surface area contributed by atoms with Gasteiger partial charge < -0.3 is 10.6 Å². The second-order valence-corrected chi connectivity index (χ2v) is 9.25. The van der Waals surface area contributed by atoms with Gasteiger partial charge in [-0.3, -0.25) is 9.98 Å². The van der Waals surface area contributed by atoms with E-state index >= 15 is 0 Å². The summed E-state index contributed by atoms with van der Waals surface area (Å²) < 4.78 is 26.9. The van der Waals surface area contributed by atoms with Crippen LogP contribution < -0.4 is 15.4 Å². The maximum atomic E-state index is 12.2. The van der Waals surface area contributed by atoms with Gasteiger partial charge in [-0.25, -0.2) is 13.1 Å². The molecule has 2 heterocycles. The highest BCUT2D eigenvalue weighted by atomic mass is 32.2. The predicted octanol–water partition coefficient (Wildman–Crippen LogP) is 1.92. The van der Waals surface area contributed by atoms with E-state index in [1.807, 2.05) is 6.92 Å². The molecule has 0 fully saturated rings. The Morgan fingerprint density at radius 1 is 1.33 bits per heavy atom. The van der Waals surface area contributed by atoms with Crippen molar-refractivity contribution < 1.29 is 8.42 Å². The van der Waals surface area contributed by atoms with E-state index in [0.717, 1.165) is 13.0 Å². The van der Waals surface area contributed by atoms with Gasteiger partial charge in [-0.05, 0) is 45.0 Å². The summed E-state index contributed by atoms with van der Waals surface area (Å²) in [5.41, 5.74) is 0. The number of thiophene rings is 1. The molecule has 1 atom stereocenters. The molecule has 0 spiro atoms. The van der Waals surface area contributed by atoms with Crippen molar-refractivity contribution in [2.45, 2.75) is 38.1 Å². The van der Waals surface area contributed by atoms with Gasteiger partial charge in [0.2, 0.25) is 10.0 Å². The highest BCUT2D eigenvalue weighted by Gasteiger charge is 2.13. The largest absolute Gasteiger partial charge is 0.357 e. The predicted molar refractivity (Wildman–Crippen MR) is 111 cm³/mol. The number of pyridine rings is 1. The molecule has 0 aliphatic heterocycles. The quantitative estimate of drug-likeness (QED) is 0.334. The first-order chi connectivity index (χ1) is 12.9. The lowest BCUT2D eigenvalue weighted by atomic mass is 10.2. The Balaban J connectivity index is 1.85. The number of aromatic nitrogens is 1. The van der Waals surface area contributed by atoms with Crippen molar-refractivity contribution in [3.05, 3.63) is 46.4 Å². The average molecular weight is 410 g/mol. The van der Waals surface area contributed by atoms with Crippen LogP contribution in [0.15, 0.2) is 46.5 Å². The smallest absolute Gasteiger partial charge is 0.242 e. The number of hydrogen-bond donors (Lipinski definition) is 3. The van der Waals surface area contributed by atoms with Crippen LogP contribution in [-0.2, 0) is 16.4 Å². The highest BCUT2D eigenvalue weighted by Crippen LogP contribution is 2.16. The first-order valence-electron chi connectivity index (χ1n) is 8.90. The topological polar surface area (TPSA) is 95.5 Å². The molecule has 0 saturated carbocycles. The fourth-order valence-corrected chi connectivity index (χ4v) is 4.44. The third-order valence-electron chi connectivity index (χ3n) is 3.65. The summed E-state index contributed by atoms with van der Waals surface area (Å²) in [7, 11) is -3.55. The second kappa shape index (κ2) is 10.4. The molecule has 0 aliphatic carbocycles. The summed E-state index contributed by atoms with van der Waals surface area (Å²) in [5, 5.41) is 6.55. The Labute approximate surface area is 165 Å². The van der Waals surface area contributed by atoms with E-state index in [2.05, 4.69) is 51.3 Å². The highest BCUT2D eigenvalue weighted by molar-refractivity contribution is 7.89. The lowest BCUT2D eigenvalue weighted by molar-refractivity contribution is 0.581. The lowest BCUT2D eigenvalue weighted by Crippen LogP contribution is -2.43. The lowest BCUT2D eigenvalue weighted by Gasteiger charge is -2.17. The molecule has 0 radical (unpaired) electrons. The van der Waals surface area contributed by atoms with E-state index in [9.17, 15) is 8.42 Å². The van der Waals surface area contributed by atoms with Crippen LogP contribution in [0.25, 0.3) is 0 Å². The third kappa shape index (κ3) is 7.28. The number of nitrogens with one attached hydrogen (secondary N) is 3. The molecule has 0 aromatic carbocycles. The van der Waals surface area contributed by atoms with Gasteiger partial charge in [0.05, 0.1) is 6.54 Å². The molecule has 7 nitrogen and oxygen atoms in total. The minimum Gasteiger partial charge on any atom is -0.357 e. The molecule has 2 aromatic heterocycles. The molecular formula is C18H27N5O2S2. The van der Waals surface area contributed by atoms with Crippen molar-refractivity contribution in [3.63, 3.8) is 0 Å². The van der Waals surface area contributed by atoms with Gasteiger partial charge in [0.1, 0.15) is 4.90 Å². The van der Waals surface area contributed by atoms with Crippen LogP contribution in [0.5, 0.6) is 0 Å². The van der Waals surface area contributed by atoms with Crippen LogP contribution in [0.3, 0.4) is 0 Å². The molecule has 0 aliphatic rings. The second-order valence-electron chi connectivity index (χ2n) is 6.11. The molecule has 2 rings (SSSR count). The summed E-state index contributed by atoms with van der Waals surface area (Å²) >= 11 is 1.80. The monoisotopic (exact) mass is 409 g/mol. The number of nitrogens with zero attached hydrogens (tertiary/aromatic N) is 2. The number of aliphatic imine (C=N–C) groups is 1. The first-order valence-corrected chi connectivity index (χ1v) is 11.2. The zero-order valence-corrected chi connectivity index (χ0v) is 17.5. The number of rotatable bonds is 9. The van der Waals surface area contributed by atoms with Gasteiger partial charge >= 0.3 is 0 Å². The van der Waals surface area contributed by atoms with Crippen LogP contribution in [0.2, 0.25) is 0 Å². The van der Waals surface area contributed by atoms with E-state index in [1.165, 1.54) is 28.2 Å². The van der Waals surface area contributed by atoms with Gasteiger partial charge in [0.15, 0.2) is 5.96 Å². The van der Waals surface area contributed by atoms with Crippen molar-refractivity contribution in [1.29, 1.82) is 0 Å². The van der Waals surface area contributed by atoms with Gasteiger partial charge in [0.25, 0.3) is 0 Å². The number of hydrogen-bond acceptors (Lipinski definition) is 5. The van der Waals surface area contributed by atoms with E-state index < -0.39 is 10.0 Å². The Bertz CT molecular complexity index is 834. The van der Waals surface area contributed by atoms with E-state index in [-0.39, 0.29) is 17.5 Å². The maximum Gasteiger partial charge on any atom is 0.242 e. The molecule has 0 bridgehead atoms. The fourth-order valence-electron chi connectivity index (χ4n) is 2.44. The summed E-state index contributed by atoms with van der Waals surface area (Å²) in [6, 6.07) is 7.60. The normalized spacial score (nSPS) is 13.4. The van der Waals surface area contributed by atoms with Crippen LogP contribution in [0, 0.1) is 6.92 Å². The van der Waals surface area contributed by atoms with Gasteiger partial charge in [0, 0.05) is 47.7 Å². The van der Waals surface area contributed by atoms with Crippen LogP contribution >= 0.6 is 11.3 Å². The zero-order valence-electron chi connectivity index (χ0n) is 15.9. The molecule has 27 heavy (non-hydrogen) atoms. The van der Waals surface area contributed by atoms with Crippen molar-refractivity contribution in [2.24, 2.45) is 4.99 Å². The Kier molecular flexibility index (Phi) is 8.21. The zero-order chi connectivity index (χ0) is 19.7. The summed E-state index contributed by atoms with van der Waals surface area (Å²) in [6.45, 7) is 7.48. The fraction of sp³-hybridized carbons (Fsp3) is 0.444. The van der Waals surface area contributed by atoms with Crippen LogP contribution in [0.1, 0.15) is 23.6 Å². The molecule has 1 unspecified atom stereocenters. The standard InChI is InChI=1S/C18H27N5O2S2/c1-4-20-18(23-14(2)12-16-8-7-15(3)26-16)21-10-11-22-27(24,25)17-6-5-9-19-13-17/h5-9,13-14,22H,4,10-12H2,1-3H3,(H2,20,21,23). The van der Waals surface area contributed by atoms with Crippen molar-refractivity contribution >= 4 is 27.3 Å². The minimum atomic E-state index is -3.55. The summed E-state index contributed by atoms with van der Waals surface area (Å²) in [5.74, 6) is 0.679. The number of sulfonamides is 1. The molecule has 2 aromatic rings. The molecule has 3 N–H and O–H groups in total. The van der Waals surface area contributed by atoms with Gasteiger partial charge in [-0.15, -0.1) is 11.3 Å². The van der Waals surface area contributed by atoms with E-state index in [1.54, 1.807) is 17.4 Å². The first kappa shape index (κ1) is 21.3. The van der Waals surface area contributed by atoms with Crippen LogP contribution in [-0.4, -0.2) is 45.0 Å². The summed E-state index contributed by atoms with van der Waals surface area (Å²) in [4.78, 5) is 11.1. The average Bonchev–Trinajstić information content (AvgIpc) is 3.04. The summed E-state index contributed by atoms with van der Waals surface area (Å²) in [6.07, 6.45) is 3.78. The Morgan fingerprint density at radius 3 is 2.78 bits per heavy atom. The Morgan fingerprint density at radius 2 is 2.15 bits per heavy atom. The van der Waals surface area contributed by atoms with E-state index in [4.69, 9.17) is 0 Å². The SMILES string of the molecule is CCNC(=NCCNS(=O)(=O)c1cccnc1)NC(C)Cc1ccc(C)s1. The number of aryl methyl sites for hydroxylation is 1. The van der Waals surface area contributed by atoms with Gasteiger partial charge in [-0.2, -0.15) is 0 Å². The minimum absolute atomic E-state index is 0.152. The van der Waals surface area contributed by atoms with Crippen molar-refractivity contribution in [3.8, 4) is 0 Å². The van der Waals surface area contributed by atoms with Crippen LogP contribution in [0.4, 0.5) is 0 Å². The number of guanidine groups is 1. The molecule has 0 amide bonds. The third-order valence-corrected chi connectivity index (χ3v) is 6.12. The van der Waals surface area contributed by atoms with E-state index in [0.29, 0.717) is 12.5 Å². The molecular weight excluding hydrogens is 382 g/mol. The van der Waals surface area contributed by atoms with Crippen molar-refractivity contribution in [1.82, 2.24) is 20.3 Å². The Hall–Kier alpha value is -1.97. The molecule has 9 heteroatoms. The molecule has 0 saturated heterocycles. The van der Waals surface area contributed by atoms with Gasteiger partial charge in [-0.1, -0.05) is 0 Å².